The number of rotatable bonds is 9. The lowest BCUT2D eigenvalue weighted by Gasteiger charge is -2.37. The predicted molar refractivity (Wildman–Crippen MR) is 147 cm³/mol. The fourth-order valence-electron chi connectivity index (χ4n) is 6.21. The number of ether oxygens (including phenoxy) is 1. The van der Waals surface area contributed by atoms with E-state index in [9.17, 15) is 4.79 Å². The number of nitrogens with one attached hydrogen (secondary N) is 1. The fraction of sp³-hybridized carbons (Fsp3) is 0.516. The summed E-state index contributed by atoms with van der Waals surface area (Å²) in [6, 6.07) is 18.6. The van der Waals surface area contributed by atoms with Gasteiger partial charge in [0.25, 0.3) is 5.91 Å². The number of carbonyl (C=O) groups excluding carboxylic acids is 1. The topological polar surface area (TPSA) is 48.6 Å². The van der Waals surface area contributed by atoms with Crippen LogP contribution in [0.15, 0.2) is 54.6 Å². The highest BCUT2D eigenvalue weighted by Crippen LogP contribution is 2.27. The first-order valence-electron chi connectivity index (χ1n) is 13.9. The van der Waals surface area contributed by atoms with Crippen LogP contribution in [0.1, 0.15) is 61.0 Å². The molecule has 2 aliphatic rings. The highest BCUT2D eigenvalue weighted by atomic mass is 16.5. The maximum Gasteiger partial charge on any atom is 0.270 e. The number of hydrogen-bond acceptors (Lipinski definition) is 3. The Kier molecular flexibility index (Phi) is 8.27. The standard InChI is InChI=1S/C31H41N3O2/c1-36-28-14-7-11-24(19-28)16-18-33-17-8-12-26(21-33)23-34(22-25-9-3-2-4-10-25)31(35)30-20-27-13-5-6-15-29(27)32-30/h5-7,11,13-15,19-20,25-26,32H,2-4,8-10,12,16-18,21-23H2,1H3. The molecule has 1 aliphatic heterocycles. The molecule has 0 spiro atoms. The number of fused-ring (bicyclic) bond motifs is 1. The third kappa shape index (κ3) is 6.31. The van der Waals surface area contributed by atoms with Crippen molar-refractivity contribution in [1.82, 2.24) is 14.8 Å². The first-order valence-corrected chi connectivity index (χ1v) is 13.9. The van der Waals surface area contributed by atoms with Crippen molar-refractivity contribution in [2.75, 3.05) is 39.8 Å². The zero-order valence-corrected chi connectivity index (χ0v) is 21.8. The molecule has 0 bridgehead atoms. The fourth-order valence-corrected chi connectivity index (χ4v) is 6.21. The maximum atomic E-state index is 13.8. The molecule has 1 N–H and O–H groups in total. The van der Waals surface area contributed by atoms with Gasteiger partial charge < -0.3 is 19.5 Å². The van der Waals surface area contributed by atoms with Gasteiger partial charge in [-0.3, -0.25) is 4.79 Å². The molecular weight excluding hydrogens is 446 g/mol. The number of aromatic amines is 1. The molecule has 2 heterocycles. The average Bonchev–Trinajstić information content (AvgIpc) is 3.36. The normalized spacial score (nSPS) is 19.4. The molecule has 1 saturated carbocycles. The first kappa shape index (κ1) is 24.9. The van der Waals surface area contributed by atoms with Crippen molar-refractivity contribution in [1.29, 1.82) is 0 Å². The van der Waals surface area contributed by atoms with Gasteiger partial charge in [-0.15, -0.1) is 0 Å². The number of piperidine rings is 1. The van der Waals surface area contributed by atoms with Crippen molar-refractivity contribution >= 4 is 16.8 Å². The van der Waals surface area contributed by atoms with Crippen LogP contribution in [0.25, 0.3) is 10.9 Å². The van der Waals surface area contributed by atoms with Crippen molar-refractivity contribution < 1.29 is 9.53 Å². The van der Waals surface area contributed by atoms with E-state index in [4.69, 9.17) is 4.74 Å². The maximum absolute atomic E-state index is 13.8. The second kappa shape index (κ2) is 12.0. The Morgan fingerprint density at radius 1 is 0.972 bits per heavy atom. The highest BCUT2D eigenvalue weighted by molar-refractivity contribution is 5.98. The number of carbonyl (C=O) groups is 1. The van der Waals surface area contributed by atoms with Crippen molar-refractivity contribution in [3.8, 4) is 5.75 Å². The van der Waals surface area contributed by atoms with E-state index in [0.717, 1.165) is 61.5 Å². The number of para-hydroxylation sites is 1. The van der Waals surface area contributed by atoms with Gasteiger partial charge in [0, 0.05) is 37.1 Å². The molecule has 5 rings (SSSR count). The number of H-pyrrole nitrogens is 1. The van der Waals surface area contributed by atoms with Crippen LogP contribution in [0, 0.1) is 11.8 Å². The molecule has 1 atom stereocenters. The minimum Gasteiger partial charge on any atom is -0.497 e. The largest absolute Gasteiger partial charge is 0.497 e. The van der Waals surface area contributed by atoms with Crippen LogP contribution in [-0.4, -0.2) is 60.5 Å². The molecule has 1 aromatic heterocycles. The Hall–Kier alpha value is -2.79. The molecule has 5 heteroatoms. The van der Waals surface area contributed by atoms with E-state index >= 15 is 0 Å². The quantitative estimate of drug-likeness (QED) is 0.394. The summed E-state index contributed by atoms with van der Waals surface area (Å²) >= 11 is 0. The van der Waals surface area contributed by atoms with Gasteiger partial charge in [0.15, 0.2) is 0 Å². The Morgan fingerprint density at radius 2 is 1.78 bits per heavy atom. The highest BCUT2D eigenvalue weighted by Gasteiger charge is 2.28. The molecule has 192 valence electrons. The molecule has 1 saturated heterocycles. The van der Waals surface area contributed by atoms with E-state index < -0.39 is 0 Å². The molecule has 36 heavy (non-hydrogen) atoms. The second-order valence-electron chi connectivity index (χ2n) is 10.9. The van der Waals surface area contributed by atoms with Crippen molar-refractivity contribution in [3.63, 3.8) is 0 Å². The summed E-state index contributed by atoms with van der Waals surface area (Å²) in [5.74, 6) is 2.27. The zero-order valence-electron chi connectivity index (χ0n) is 21.8. The van der Waals surface area contributed by atoms with Crippen LogP contribution in [0.2, 0.25) is 0 Å². The molecular formula is C31H41N3O2. The Labute approximate surface area is 215 Å². The SMILES string of the molecule is COc1cccc(CCN2CCCC(CN(CC3CCCCC3)C(=O)c3cc4ccccc4[nH]3)C2)c1. The third-order valence-electron chi connectivity index (χ3n) is 8.18. The van der Waals surface area contributed by atoms with Gasteiger partial charge in [0.05, 0.1) is 7.11 Å². The zero-order chi connectivity index (χ0) is 24.7. The van der Waals surface area contributed by atoms with Crippen LogP contribution in [0.5, 0.6) is 5.75 Å². The molecule has 1 unspecified atom stereocenters. The molecule has 2 fully saturated rings. The second-order valence-corrected chi connectivity index (χ2v) is 10.9. The Morgan fingerprint density at radius 3 is 2.61 bits per heavy atom. The molecule has 2 aromatic carbocycles. The van der Waals surface area contributed by atoms with Gasteiger partial charge in [-0.1, -0.05) is 49.6 Å². The number of aromatic nitrogens is 1. The summed E-state index contributed by atoms with van der Waals surface area (Å²) in [4.78, 5) is 22.0. The lowest BCUT2D eigenvalue weighted by atomic mass is 9.88. The Bertz CT molecular complexity index is 1100. The molecule has 1 amide bonds. The van der Waals surface area contributed by atoms with Crippen LogP contribution < -0.4 is 4.74 Å². The molecule has 0 radical (unpaired) electrons. The number of benzene rings is 2. The minimum atomic E-state index is 0.172. The summed E-state index contributed by atoms with van der Waals surface area (Å²) < 4.78 is 5.39. The molecule has 3 aromatic rings. The third-order valence-corrected chi connectivity index (χ3v) is 8.18. The van der Waals surface area contributed by atoms with Gasteiger partial charge in [-0.05, 0) is 80.3 Å². The first-order chi connectivity index (χ1) is 17.7. The van der Waals surface area contributed by atoms with Crippen molar-refractivity contribution in [3.05, 3.63) is 65.9 Å². The van der Waals surface area contributed by atoms with E-state index in [1.54, 1.807) is 7.11 Å². The van der Waals surface area contributed by atoms with Crippen LogP contribution in [-0.2, 0) is 6.42 Å². The van der Waals surface area contributed by atoms with E-state index in [-0.39, 0.29) is 5.91 Å². The van der Waals surface area contributed by atoms with Crippen molar-refractivity contribution in [2.24, 2.45) is 11.8 Å². The summed E-state index contributed by atoms with van der Waals surface area (Å²) in [6.45, 7) is 5.04. The number of nitrogens with zero attached hydrogens (tertiary/aromatic N) is 2. The van der Waals surface area contributed by atoms with E-state index in [2.05, 4.69) is 45.1 Å². The summed E-state index contributed by atoms with van der Waals surface area (Å²) in [7, 11) is 1.73. The summed E-state index contributed by atoms with van der Waals surface area (Å²) in [6.07, 6.45) is 9.92. The smallest absolute Gasteiger partial charge is 0.270 e. The van der Waals surface area contributed by atoms with Gasteiger partial charge in [-0.25, -0.2) is 0 Å². The number of hydrogen-bond donors (Lipinski definition) is 1. The predicted octanol–water partition coefficient (Wildman–Crippen LogP) is 6.15. The van der Waals surface area contributed by atoms with Gasteiger partial charge in [0.2, 0.25) is 0 Å². The van der Waals surface area contributed by atoms with Crippen molar-refractivity contribution in [2.45, 2.75) is 51.4 Å². The van der Waals surface area contributed by atoms with Gasteiger partial charge in [-0.2, -0.15) is 0 Å². The summed E-state index contributed by atoms with van der Waals surface area (Å²) in [5.41, 5.74) is 3.10. The average molecular weight is 488 g/mol. The monoisotopic (exact) mass is 487 g/mol. The van der Waals surface area contributed by atoms with E-state index in [1.807, 2.05) is 24.3 Å². The number of amides is 1. The molecule has 5 nitrogen and oxygen atoms in total. The lowest BCUT2D eigenvalue weighted by molar-refractivity contribution is 0.0623. The number of likely N-dealkylation sites (tertiary alicyclic amines) is 1. The molecule has 1 aliphatic carbocycles. The minimum absolute atomic E-state index is 0.172. The lowest BCUT2D eigenvalue weighted by Crippen LogP contribution is -2.45. The van der Waals surface area contributed by atoms with Gasteiger partial charge >= 0.3 is 0 Å². The van der Waals surface area contributed by atoms with E-state index in [1.165, 1.54) is 50.5 Å². The van der Waals surface area contributed by atoms with E-state index in [0.29, 0.717) is 11.8 Å². The van der Waals surface area contributed by atoms with Crippen LogP contribution >= 0.6 is 0 Å². The van der Waals surface area contributed by atoms with Crippen LogP contribution in [0.4, 0.5) is 0 Å². The Balaban J connectivity index is 1.24. The van der Waals surface area contributed by atoms with Gasteiger partial charge in [0.1, 0.15) is 11.4 Å². The van der Waals surface area contributed by atoms with Crippen LogP contribution in [0.3, 0.4) is 0 Å². The summed E-state index contributed by atoms with van der Waals surface area (Å²) in [5, 5.41) is 1.11. The number of methoxy groups -OCH3 is 1.